The van der Waals surface area contributed by atoms with E-state index in [1.165, 1.54) is 0 Å². The summed E-state index contributed by atoms with van der Waals surface area (Å²) in [6.45, 7) is 3.41. The average Bonchev–Trinajstić information content (AvgIpc) is 3.33. The maximum atomic E-state index is 14.0. The third-order valence-electron chi connectivity index (χ3n) is 7.64. The van der Waals surface area contributed by atoms with Gasteiger partial charge in [-0.15, -0.1) is 0 Å². The van der Waals surface area contributed by atoms with Gasteiger partial charge in [0.1, 0.15) is 23.1 Å². The van der Waals surface area contributed by atoms with Crippen LogP contribution in [0.2, 0.25) is 0 Å². The highest BCUT2D eigenvalue weighted by Gasteiger charge is 2.33. The van der Waals surface area contributed by atoms with Gasteiger partial charge in [0.15, 0.2) is 12.3 Å². The number of nitrogens with one attached hydrogen (secondary N) is 1. The SMILES string of the molecule is COc1ccc2c(c1)C(=O)N1CCCCC1c1cc3nc(N4CCC4)cc(n3n1)N(C)CCNC(=O)CO2. The minimum absolute atomic E-state index is 0.167. The lowest BCUT2D eigenvalue weighted by atomic mass is 9.98. The molecule has 2 bridgehead atoms. The van der Waals surface area contributed by atoms with Gasteiger partial charge in [-0.1, -0.05) is 0 Å². The maximum absolute atomic E-state index is 14.0. The van der Waals surface area contributed by atoms with Crippen LogP contribution in [0.3, 0.4) is 0 Å². The minimum Gasteiger partial charge on any atom is -0.497 e. The van der Waals surface area contributed by atoms with E-state index in [0.717, 1.165) is 61.7 Å². The first kappa shape index (κ1) is 24.3. The van der Waals surface area contributed by atoms with Crippen LogP contribution < -0.4 is 24.6 Å². The number of hydrogen-bond donors (Lipinski definition) is 1. The quantitative estimate of drug-likeness (QED) is 0.550. The lowest BCUT2D eigenvalue weighted by Gasteiger charge is -2.35. The Kier molecular flexibility index (Phi) is 6.42. The van der Waals surface area contributed by atoms with Crippen LogP contribution in [-0.4, -0.2) is 84.8 Å². The average molecular weight is 520 g/mol. The van der Waals surface area contributed by atoms with Crippen molar-refractivity contribution < 1.29 is 19.1 Å². The predicted molar refractivity (Wildman–Crippen MR) is 142 cm³/mol. The molecule has 0 saturated carbocycles. The molecule has 1 unspecified atom stereocenters. The summed E-state index contributed by atoms with van der Waals surface area (Å²) < 4.78 is 13.1. The molecular formula is C27H33N7O4. The van der Waals surface area contributed by atoms with Crippen LogP contribution in [0.15, 0.2) is 30.3 Å². The highest BCUT2D eigenvalue weighted by atomic mass is 16.5. The second-order valence-electron chi connectivity index (χ2n) is 10.1. The number of carbonyl (C=O) groups excluding carboxylic acids is 2. The first-order valence-corrected chi connectivity index (χ1v) is 13.3. The fourth-order valence-corrected chi connectivity index (χ4v) is 5.34. The number of ether oxygens (including phenoxy) is 2. The molecule has 11 heteroatoms. The summed E-state index contributed by atoms with van der Waals surface area (Å²) in [5, 5.41) is 7.91. The largest absolute Gasteiger partial charge is 0.497 e. The highest BCUT2D eigenvalue weighted by Crippen LogP contribution is 2.36. The molecule has 1 N–H and O–H groups in total. The number of carbonyl (C=O) groups is 2. The third-order valence-corrected chi connectivity index (χ3v) is 7.64. The molecule has 2 aromatic heterocycles. The Balaban J connectivity index is 1.47. The van der Waals surface area contributed by atoms with Gasteiger partial charge in [-0.3, -0.25) is 9.59 Å². The van der Waals surface area contributed by atoms with Crippen LogP contribution in [0.1, 0.15) is 47.8 Å². The molecule has 6 rings (SSSR count). The topological polar surface area (TPSA) is 105 Å². The molecule has 200 valence electrons. The van der Waals surface area contributed by atoms with Crippen LogP contribution in [-0.2, 0) is 4.79 Å². The van der Waals surface area contributed by atoms with Crippen molar-refractivity contribution in [3.63, 3.8) is 0 Å². The number of benzene rings is 1. The van der Waals surface area contributed by atoms with Crippen LogP contribution >= 0.6 is 0 Å². The van der Waals surface area contributed by atoms with Crippen LogP contribution in [0, 0.1) is 0 Å². The van der Waals surface area contributed by atoms with E-state index in [4.69, 9.17) is 19.6 Å². The zero-order valence-electron chi connectivity index (χ0n) is 21.9. The van der Waals surface area contributed by atoms with Gasteiger partial charge in [0.2, 0.25) is 0 Å². The number of rotatable bonds is 2. The Hall–Kier alpha value is -4.02. The Labute approximate surface area is 221 Å². The summed E-state index contributed by atoms with van der Waals surface area (Å²) in [5.74, 6) is 2.31. The Morgan fingerprint density at radius 3 is 2.71 bits per heavy atom. The predicted octanol–water partition coefficient (Wildman–Crippen LogP) is 2.26. The first-order valence-electron chi connectivity index (χ1n) is 13.3. The zero-order chi connectivity index (χ0) is 26.2. The highest BCUT2D eigenvalue weighted by molar-refractivity contribution is 5.98. The Morgan fingerprint density at radius 1 is 1.05 bits per heavy atom. The fourth-order valence-electron chi connectivity index (χ4n) is 5.34. The maximum Gasteiger partial charge on any atom is 0.258 e. The van der Waals surface area contributed by atoms with E-state index in [-0.39, 0.29) is 24.5 Å². The van der Waals surface area contributed by atoms with E-state index < -0.39 is 0 Å². The van der Waals surface area contributed by atoms with Crippen molar-refractivity contribution >= 4 is 29.1 Å². The normalized spacial score (nSPS) is 20.5. The van der Waals surface area contributed by atoms with E-state index in [1.807, 2.05) is 22.5 Å². The second kappa shape index (κ2) is 10.0. The summed E-state index contributed by atoms with van der Waals surface area (Å²) in [5.41, 5.74) is 1.95. The fraction of sp³-hybridized carbons (Fsp3) is 0.481. The summed E-state index contributed by atoms with van der Waals surface area (Å²) in [7, 11) is 3.55. The third kappa shape index (κ3) is 4.46. The molecule has 3 aromatic rings. The summed E-state index contributed by atoms with van der Waals surface area (Å²) >= 11 is 0. The molecule has 1 atom stereocenters. The van der Waals surface area contributed by atoms with Crippen molar-refractivity contribution in [3.05, 3.63) is 41.6 Å². The summed E-state index contributed by atoms with van der Waals surface area (Å²) in [4.78, 5) is 37.7. The van der Waals surface area contributed by atoms with E-state index in [2.05, 4.69) is 21.2 Å². The van der Waals surface area contributed by atoms with Gasteiger partial charge in [-0.2, -0.15) is 9.61 Å². The standard InChI is InChI=1S/C27H33N7O4/c1-31-13-9-28-25(35)17-38-22-8-7-18(37-2)14-19(22)27(36)33-12-4-3-6-21(33)20-15-24-29-23(32-10-5-11-32)16-26(31)34(24)30-20/h7-8,14-16,21H,3-6,9-13,17H2,1-2H3,(H,28,35). The molecule has 2 fully saturated rings. The van der Waals surface area contributed by atoms with Crippen LogP contribution in [0.4, 0.5) is 11.6 Å². The number of nitrogens with zero attached hydrogens (tertiary/aromatic N) is 6. The second-order valence-corrected chi connectivity index (χ2v) is 10.1. The molecule has 0 aliphatic carbocycles. The molecule has 0 spiro atoms. The van der Waals surface area contributed by atoms with Crippen molar-refractivity contribution in [1.29, 1.82) is 0 Å². The number of amides is 2. The summed E-state index contributed by atoms with van der Waals surface area (Å²) in [6.07, 6.45) is 3.87. The van der Waals surface area contributed by atoms with Gasteiger partial charge in [-0.05, 0) is 43.9 Å². The number of fused-ring (bicyclic) bond motifs is 4. The van der Waals surface area contributed by atoms with Gasteiger partial charge in [0.05, 0.1) is 24.4 Å². The first-order chi connectivity index (χ1) is 18.5. The molecule has 38 heavy (non-hydrogen) atoms. The lowest BCUT2D eigenvalue weighted by molar-refractivity contribution is -0.123. The van der Waals surface area contributed by atoms with E-state index in [1.54, 1.807) is 25.3 Å². The van der Waals surface area contributed by atoms with Crippen molar-refractivity contribution in [1.82, 2.24) is 24.8 Å². The molecule has 0 radical (unpaired) electrons. The molecule has 2 saturated heterocycles. The van der Waals surface area contributed by atoms with Crippen LogP contribution in [0.25, 0.3) is 5.65 Å². The monoisotopic (exact) mass is 519 g/mol. The molecule has 3 aliphatic rings. The number of methoxy groups -OCH3 is 1. The molecular weight excluding hydrogens is 486 g/mol. The van der Waals surface area contributed by atoms with E-state index in [0.29, 0.717) is 36.7 Å². The van der Waals surface area contributed by atoms with Crippen molar-refractivity contribution in [2.75, 3.05) is 63.3 Å². The minimum atomic E-state index is -0.252. The molecule has 2 amide bonds. The zero-order valence-corrected chi connectivity index (χ0v) is 21.9. The number of aromatic nitrogens is 3. The molecule has 5 heterocycles. The van der Waals surface area contributed by atoms with Crippen molar-refractivity contribution in [2.24, 2.45) is 0 Å². The van der Waals surface area contributed by atoms with E-state index >= 15 is 0 Å². The van der Waals surface area contributed by atoms with Gasteiger partial charge < -0.3 is 29.5 Å². The van der Waals surface area contributed by atoms with Crippen molar-refractivity contribution in [3.8, 4) is 11.5 Å². The molecule has 3 aliphatic heterocycles. The molecule has 1 aromatic carbocycles. The van der Waals surface area contributed by atoms with Crippen LogP contribution in [0.5, 0.6) is 11.5 Å². The molecule has 11 nitrogen and oxygen atoms in total. The van der Waals surface area contributed by atoms with E-state index in [9.17, 15) is 9.59 Å². The van der Waals surface area contributed by atoms with Gasteiger partial charge in [0, 0.05) is 51.9 Å². The summed E-state index contributed by atoms with van der Waals surface area (Å²) in [6, 6.07) is 8.98. The number of piperidine rings is 1. The smallest absolute Gasteiger partial charge is 0.258 e. The van der Waals surface area contributed by atoms with Gasteiger partial charge in [-0.25, -0.2) is 4.98 Å². The lowest BCUT2D eigenvalue weighted by Crippen LogP contribution is -2.39. The van der Waals surface area contributed by atoms with Gasteiger partial charge >= 0.3 is 0 Å². The number of anilines is 2. The van der Waals surface area contributed by atoms with Crippen molar-refractivity contribution in [2.45, 2.75) is 31.7 Å². The van der Waals surface area contributed by atoms with Gasteiger partial charge in [0.25, 0.3) is 11.8 Å². The number of hydrogen-bond acceptors (Lipinski definition) is 8. The Morgan fingerprint density at radius 2 is 1.92 bits per heavy atom. The number of likely N-dealkylation sites (N-methyl/N-ethyl adjacent to an activating group) is 1. The Bertz CT molecular complexity index is 1370.